The minimum absolute atomic E-state index is 0.0507. The van der Waals surface area contributed by atoms with Gasteiger partial charge in [0.2, 0.25) is 0 Å². The predicted octanol–water partition coefficient (Wildman–Crippen LogP) is 2.83. The van der Waals surface area contributed by atoms with Gasteiger partial charge in [0, 0.05) is 24.9 Å². The SMILES string of the molecule is Cc1ccc2c(c1)C1CC(C(C)C)(O2)N(C)C(=O)N1. The Bertz CT molecular complexity index is 541. The third-order valence-electron chi connectivity index (χ3n) is 4.40. The maximum atomic E-state index is 12.1. The molecule has 4 heteroatoms. The second kappa shape index (κ2) is 3.89. The van der Waals surface area contributed by atoms with Crippen LogP contribution in [0.2, 0.25) is 0 Å². The fraction of sp³-hybridized carbons (Fsp3) is 0.533. The summed E-state index contributed by atoms with van der Waals surface area (Å²) in [5.41, 5.74) is 1.75. The fourth-order valence-corrected chi connectivity index (χ4v) is 3.16. The zero-order chi connectivity index (χ0) is 13.8. The molecular formula is C15H20N2O2. The van der Waals surface area contributed by atoms with Crippen LogP contribution in [0.3, 0.4) is 0 Å². The summed E-state index contributed by atoms with van der Waals surface area (Å²) in [6.07, 6.45) is 0.795. The van der Waals surface area contributed by atoms with E-state index >= 15 is 0 Å². The molecule has 1 fully saturated rings. The first-order chi connectivity index (χ1) is 8.94. The summed E-state index contributed by atoms with van der Waals surface area (Å²) in [5, 5.41) is 3.07. The smallest absolute Gasteiger partial charge is 0.320 e. The summed E-state index contributed by atoms with van der Waals surface area (Å²) in [6.45, 7) is 6.26. The van der Waals surface area contributed by atoms with Crippen molar-refractivity contribution in [3.8, 4) is 5.75 Å². The Kier molecular flexibility index (Phi) is 2.52. The van der Waals surface area contributed by atoms with E-state index in [1.807, 2.05) is 13.1 Å². The molecule has 1 aromatic carbocycles. The monoisotopic (exact) mass is 260 g/mol. The van der Waals surface area contributed by atoms with E-state index in [0.717, 1.165) is 17.7 Å². The number of ether oxygens (including phenoxy) is 1. The molecule has 0 radical (unpaired) electrons. The Balaban J connectivity index is 2.13. The van der Waals surface area contributed by atoms with E-state index in [1.54, 1.807) is 4.90 Å². The minimum Gasteiger partial charge on any atom is -0.467 e. The molecule has 2 unspecified atom stereocenters. The van der Waals surface area contributed by atoms with Gasteiger partial charge in [-0.15, -0.1) is 0 Å². The number of hydrogen-bond acceptors (Lipinski definition) is 2. The Morgan fingerprint density at radius 3 is 2.89 bits per heavy atom. The lowest BCUT2D eigenvalue weighted by Gasteiger charge is -2.53. The lowest BCUT2D eigenvalue weighted by atomic mass is 9.83. The molecule has 19 heavy (non-hydrogen) atoms. The maximum absolute atomic E-state index is 12.1. The van der Waals surface area contributed by atoms with Crippen molar-refractivity contribution in [3.05, 3.63) is 29.3 Å². The number of amides is 2. The van der Waals surface area contributed by atoms with Gasteiger partial charge >= 0.3 is 6.03 Å². The van der Waals surface area contributed by atoms with Gasteiger partial charge in [0.15, 0.2) is 5.72 Å². The number of hydrogen-bond donors (Lipinski definition) is 1. The molecule has 2 amide bonds. The minimum atomic E-state index is -0.532. The molecule has 3 rings (SSSR count). The van der Waals surface area contributed by atoms with Crippen LogP contribution in [-0.4, -0.2) is 23.7 Å². The third kappa shape index (κ3) is 1.62. The quantitative estimate of drug-likeness (QED) is 0.843. The molecule has 2 heterocycles. The number of nitrogens with one attached hydrogen (secondary N) is 1. The van der Waals surface area contributed by atoms with Crippen LogP contribution in [0.5, 0.6) is 5.75 Å². The van der Waals surface area contributed by atoms with Crippen molar-refractivity contribution in [2.24, 2.45) is 5.92 Å². The van der Waals surface area contributed by atoms with Crippen LogP contribution < -0.4 is 10.1 Å². The van der Waals surface area contributed by atoms with Gasteiger partial charge < -0.3 is 10.1 Å². The molecule has 0 spiro atoms. The molecule has 2 aliphatic rings. The molecule has 1 aromatic rings. The van der Waals surface area contributed by atoms with Crippen molar-refractivity contribution in [2.75, 3.05) is 7.05 Å². The average Bonchev–Trinajstić information content (AvgIpc) is 2.36. The van der Waals surface area contributed by atoms with Gasteiger partial charge in [-0.05, 0) is 13.0 Å². The van der Waals surface area contributed by atoms with E-state index in [9.17, 15) is 4.79 Å². The number of carbonyl (C=O) groups excluding carboxylic acids is 1. The number of benzene rings is 1. The van der Waals surface area contributed by atoms with E-state index in [-0.39, 0.29) is 18.0 Å². The van der Waals surface area contributed by atoms with Crippen molar-refractivity contribution >= 4 is 6.03 Å². The molecular weight excluding hydrogens is 240 g/mol. The molecule has 0 saturated carbocycles. The van der Waals surface area contributed by atoms with Gasteiger partial charge in [-0.25, -0.2) is 4.79 Å². The summed E-state index contributed by atoms with van der Waals surface area (Å²) in [6, 6.07) is 6.16. The molecule has 4 nitrogen and oxygen atoms in total. The highest BCUT2D eigenvalue weighted by molar-refractivity contribution is 5.77. The fourth-order valence-electron chi connectivity index (χ4n) is 3.16. The van der Waals surface area contributed by atoms with Crippen molar-refractivity contribution in [1.82, 2.24) is 10.2 Å². The topological polar surface area (TPSA) is 41.6 Å². The maximum Gasteiger partial charge on any atom is 0.320 e. The summed E-state index contributed by atoms with van der Waals surface area (Å²) < 4.78 is 6.25. The van der Waals surface area contributed by atoms with E-state index < -0.39 is 5.72 Å². The molecule has 0 aliphatic carbocycles. The first-order valence-electron chi connectivity index (χ1n) is 6.78. The first-order valence-corrected chi connectivity index (χ1v) is 6.78. The summed E-state index contributed by atoms with van der Waals surface area (Å²) >= 11 is 0. The molecule has 2 bridgehead atoms. The second-order valence-corrected chi connectivity index (χ2v) is 5.91. The van der Waals surface area contributed by atoms with Gasteiger partial charge in [-0.3, -0.25) is 4.90 Å². The Hall–Kier alpha value is -1.71. The number of urea groups is 1. The van der Waals surface area contributed by atoms with Crippen molar-refractivity contribution in [2.45, 2.75) is 39.0 Å². The molecule has 1 N–H and O–H groups in total. The molecule has 1 saturated heterocycles. The first kappa shape index (κ1) is 12.3. The highest BCUT2D eigenvalue weighted by Gasteiger charge is 2.52. The Morgan fingerprint density at radius 1 is 1.47 bits per heavy atom. The summed E-state index contributed by atoms with van der Waals surface area (Å²) in [5.74, 6) is 1.13. The van der Waals surface area contributed by atoms with Gasteiger partial charge in [0.1, 0.15) is 5.75 Å². The largest absolute Gasteiger partial charge is 0.467 e. The van der Waals surface area contributed by atoms with Crippen LogP contribution in [0.15, 0.2) is 18.2 Å². The zero-order valence-electron chi connectivity index (χ0n) is 11.9. The number of fused-ring (bicyclic) bond motifs is 4. The standard InChI is InChI=1S/C15H20N2O2/c1-9(2)15-8-12(16-14(18)17(15)4)11-7-10(3)5-6-13(11)19-15/h5-7,9,12H,8H2,1-4H3,(H,16,18). The number of nitrogens with zero attached hydrogens (tertiary/aromatic N) is 1. The van der Waals surface area contributed by atoms with Crippen LogP contribution in [0.25, 0.3) is 0 Å². The molecule has 2 atom stereocenters. The Morgan fingerprint density at radius 2 is 2.21 bits per heavy atom. The van der Waals surface area contributed by atoms with E-state index in [0.29, 0.717) is 0 Å². The normalized spacial score (nSPS) is 28.8. The second-order valence-electron chi connectivity index (χ2n) is 5.91. The van der Waals surface area contributed by atoms with Gasteiger partial charge in [0.25, 0.3) is 0 Å². The van der Waals surface area contributed by atoms with Crippen LogP contribution >= 0.6 is 0 Å². The molecule has 102 valence electrons. The van der Waals surface area contributed by atoms with Crippen molar-refractivity contribution in [1.29, 1.82) is 0 Å². The Labute approximate surface area is 113 Å². The van der Waals surface area contributed by atoms with Crippen LogP contribution in [0.1, 0.15) is 37.4 Å². The zero-order valence-corrected chi connectivity index (χ0v) is 11.9. The highest BCUT2D eigenvalue weighted by atomic mass is 16.5. The van der Waals surface area contributed by atoms with Gasteiger partial charge in [0.05, 0.1) is 6.04 Å². The highest BCUT2D eigenvalue weighted by Crippen LogP contribution is 2.46. The molecule has 2 aliphatic heterocycles. The van der Waals surface area contributed by atoms with E-state index in [2.05, 4.69) is 38.2 Å². The molecule has 0 aromatic heterocycles. The van der Waals surface area contributed by atoms with Crippen LogP contribution in [-0.2, 0) is 0 Å². The van der Waals surface area contributed by atoms with Gasteiger partial charge in [-0.2, -0.15) is 0 Å². The lowest BCUT2D eigenvalue weighted by molar-refractivity contribution is -0.119. The average molecular weight is 260 g/mol. The summed E-state index contributed by atoms with van der Waals surface area (Å²) in [4.78, 5) is 13.9. The van der Waals surface area contributed by atoms with Crippen molar-refractivity contribution < 1.29 is 9.53 Å². The van der Waals surface area contributed by atoms with E-state index in [4.69, 9.17) is 4.74 Å². The third-order valence-corrected chi connectivity index (χ3v) is 4.40. The lowest BCUT2D eigenvalue weighted by Crippen LogP contribution is -2.66. The predicted molar refractivity (Wildman–Crippen MR) is 73.0 cm³/mol. The van der Waals surface area contributed by atoms with Gasteiger partial charge in [-0.1, -0.05) is 31.5 Å². The number of carbonyl (C=O) groups is 1. The van der Waals surface area contributed by atoms with E-state index in [1.165, 1.54) is 5.56 Å². The number of aryl methyl sites for hydroxylation is 1. The summed E-state index contributed by atoms with van der Waals surface area (Å²) in [7, 11) is 1.81. The van der Waals surface area contributed by atoms with Crippen LogP contribution in [0.4, 0.5) is 4.79 Å². The number of rotatable bonds is 1. The van der Waals surface area contributed by atoms with Crippen molar-refractivity contribution in [3.63, 3.8) is 0 Å². The van der Waals surface area contributed by atoms with Crippen LogP contribution in [0, 0.1) is 12.8 Å².